The molecule has 0 fully saturated rings. The summed E-state index contributed by atoms with van der Waals surface area (Å²) in [6.45, 7) is 5.60. The molecule has 2 aromatic heterocycles. The number of thiophene rings is 1. The average Bonchev–Trinajstić information content (AvgIpc) is 3.02. The normalized spacial score (nSPS) is 14.7. The van der Waals surface area contributed by atoms with Crippen LogP contribution in [0.4, 0.5) is 0 Å². The van der Waals surface area contributed by atoms with Crippen LogP contribution in [0.15, 0.2) is 36.4 Å². The Morgan fingerprint density at radius 3 is 2.74 bits per heavy atom. The summed E-state index contributed by atoms with van der Waals surface area (Å²) < 4.78 is 2.60. The smallest absolute Gasteiger partial charge is 0.103 e. The Kier molecular flexibility index (Phi) is 4.81. The number of hydrogen-bond acceptors (Lipinski definition) is 2. The number of aromatic nitrogens is 1. The molecule has 1 aliphatic heterocycles. The molecule has 0 saturated heterocycles. The van der Waals surface area contributed by atoms with Gasteiger partial charge in [-0.3, -0.25) is 0 Å². The van der Waals surface area contributed by atoms with Crippen LogP contribution >= 0.6 is 23.7 Å². The van der Waals surface area contributed by atoms with E-state index in [0.717, 1.165) is 19.5 Å². The Bertz CT molecular complexity index is 804. The first-order chi connectivity index (χ1) is 10.7. The highest BCUT2D eigenvalue weighted by atomic mass is 35.5. The van der Waals surface area contributed by atoms with Crippen LogP contribution in [-0.4, -0.2) is 23.1 Å². The van der Waals surface area contributed by atoms with Crippen molar-refractivity contribution in [3.05, 3.63) is 58.1 Å². The Labute approximate surface area is 148 Å². The molecular formula is C19H23ClN2S. The van der Waals surface area contributed by atoms with Crippen molar-refractivity contribution in [2.75, 3.05) is 13.6 Å². The maximum atomic E-state index is 2.60. The fourth-order valence-corrected chi connectivity index (χ4v) is 4.68. The van der Waals surface area contributed by atoms with Crippen LogP contribution in [0.5, 0.6) is 0 Å². The first-order valence-electron chi connectivity index (χ1n) is 8.05. The van der Waals surface area contributed by atoms with Gasteiger partial charge >= 0.3 is 0 Å². The zero-order chi connectivity index (χ0) is 15.1. The Morgan fingerprint density at radius 1 is 1.17 bits per heavy atom. The third-order valence-corrected chi connectivity index (χ3v) is 5.78. The van der Waals surface area contributed by atoms with Gasteiger partial charge in [0, 0.05) is 42.0 Å². The van der Waals surface area contributed by atoms with E-state index in [2.05, 4.69) is 59.8 Å². The van der Waals surface area contributed by atoms with Crippen LogP contribution in [0, 0.1) is 6.92 Å². The second kappa shape index (κ2) is 6.68. The predicted octanol–water partition coefficient (Wildman–Crippen LogP) is 4.66. The predicted molar refractivity (Wildman–Crippen MR) is 102 cm³/mol. The minimum Gasteiger partial charge on any atom is -0.336 e. The second-order valence-corrected chi connectivity index (χ2v) is 7.61. The molecule has 0 radical (unpaired) electrons. The topological polar surface area (TPSA) is 8.17 Å². The van der Waals surface area contributed by atoms with Crippen LogP contribution < -0.4 is 0 Å². The molecule has 122 valence electrons. The fourth-order valence-electron chi connectivity index (χ4n) is 3.59. The Morgan fingerprint density at radius 2 is 1.96 bits per heavy atom. The number of fused-ring (bicyclic) bond motifs is 3. The zero-order valence-corrected chi connectivity index (χ0v) is 15.3. The molecule has 0 amide bonds. The second-order valence-electron chi connectivity index (χ2n) is 6.38. The molecular weight excluding hydrogens is 324 g/mol. The van der Waals surface area contributed by atoms with Gasteiger partial charge in [0.1, 0.15) is 4.83 Å². The molecule has 4 rings (SSSR count). The highest BCUT2D eigenvalue weighted by Gasteiger charge is 2.23. The summed E-state index contributed by atoms with van der Waals surface area (Å²) in [4.78, 5) is 5.35. The van der Waals surface area contributed by atoms with E-state index < -0.39 is 0 Å². The maximum Gasteiger partial charge on any atom is 0.103 e. The average molecular weight is 347 g/mol. The van der Waals surface area contributed by atoms with E-state index in [4.69, 9.17) is 0 Å². The van der Waals surface area contributed by atoms with Gasteiger partial charge in [-0.1, -0.05) is 30.3 Å². The third kappa shape index (κ3) is 3.06. The van der Waals surface area contributed by atoms with Crippen molar-refractivity contribution >= 4 is 34.0 Å². The summed E-state index contributed by atoms with van der Waals surface area (Å²) >= 11 is 1.95. The third-order valence-electron chi connectivity index (χ3n) is 4.71. The molecule has 23 heavy (non-hydrogen) atoms. The molecule has 0 saturated carbocycles. The van der Waals surface area contributed by atoms with Crippen LogP contribution in [0.2, 0.25) is 0 Å². The standard InChI is InChI=1S/C19H22N2S.ClH/c1-14-12-16-17-13-20(2)10-9-18(17)21(19(16)22-14)11-8-15-6-4-3-5-7-15;/h3-7,12H,8-11,13H2,1-2H3;1H. The van der Waals surface area contributed by atoms with Gasteiger partial charge in [-0.15, -0.1) is 23.7 Å². The lowest BCUT2D eigenvalue weighted by Crippen LogP contribution is -2.27. The lowest BCUT2D eigenvalue weighted by Gasteiger charge is -2.24. The van der Waals surface area contributed by atoms with E-state index in [1.54, 1.807) is 11.3 Å². The minimum atomic E-state index is 0. The van der Waals surface area contributed by atoms with Crippen molar-refractivity contribution in [3.63, 3.8) is 0 Å². The van der Waals surface area contributed by atoms with Crippen LogP contribution in [0.3, 0.4) is 0 Å². The van der Waals surface area contributed by atoms with Gasteiger partial charge in [-0.2, -0.15) is 0 Å². The van der Waals surface area contributed by atoms with E-state index in [-0.39, 0.29) is 12.4 Å². The van der Waals surface area contributed by atoms with E-state index in [0.29, 0.717) is 0 Å². The number of aryl methyl sites for hydroxylation is 3. The maximum absolute atomic E-state index is 2.60. The summed E-state index contributed by atoms with van der Waals surface area (Å²) in [6, 6.07) is 13.2. The quantitative estimate of drug-likeness (QED) is 0.669. The Hall–Kier alpha value is -1.29. The summed E-state index contributed by atoms with van der Waals surface area (Å²) in [6.07, 6.45) is 2.30. The van der Waals surface area contributed by atoms with E-state index in [1.165, 1.54) is 33.6 Å². The van der Waals surface area contributed by atoms with Gasteiger partial charge in [0.15, 0.2) is 0 Å². The minimum absolute atomic E-state index is 0. The van der Waals surface area contributed by atoms with E-state index >= 15 is 0 Å². The van der Waals surface area contributed by atoms with Gasteiger partial charge in [0.05, 0.1) is 0 Å². The first-order valence-corrected chi connectivity index (χ1v) is 8.87. The molecule has 0 aliphatic carbocycles. The monoisotopic (exact) mass is 346 g/mol. The number of likely N-dealkylation sites (N-methyl/N-ethyl adjacent to an activating group) is 1. The van der Waals surface area contributed by atoms with Crippen molar-refractivity contribution in [3.8, 4) is 0 Å². The van der Waals surface area contributed by atoms with Crippen molar-refractivity contribution in [1.82, 2.24) is 9.47 Å². The molecule has 0 spiro atoms. The van der Waals surface area contributed by atoms with Gasteiger partial charge in [0.2, 0.25) is 0 Å². The van der Waals surface area contributed by atoms with Crippen molar-refractivity contribution < 1.29 is 0 Å². The van der Waals surface area contributed by atoms with Crippen molar-refractivity contribution in [2.45, 2.75) is 32.9 Å². The Balaban J connectivity index is 0.00000156. The fraction of sp³-hybridized carbons (Fsp3) is 0.368. The van der Waals surface area contributed by atoms with Crippen LogP contribution in [-0.2, 0) is 25.9 Å². The lowest BCUT2D eigenvalue weighted by molar-refractivity contribution is 0.309. The largest absolute Gasteiger partial charge is 0.336 e. The SMILES string of the molecule is Cc1cc2c3c(n(CCc4ccccc4)c2s1)CCN(C)C3.Cl. The molecule has 1 aliphatic rings. The van der Waals surface area contributed by atoms with Gasteiger partial charge < -0.3 is 9.47 Å². The molecule has 4 heteroatoms. The molecule has 3 aromatic rings. The van der Waals surface area contributed by atoms with Crippen LogP contribution in [0.1, 0.15) is 21.7 Å². The van der Waals surface area contributed by atoms with Gasteiger partial charge in [0.25, 0.3) is 0 Å². The van der Waals surface area contributed by atoms with Crippen molar-refractivity contribution in [1.29, 1.82) is 0 Å². The zero-order valence-electron chi connectivity index (χ0n) is 13.7. The molecule has 1 aromatic carbocycles. The van der Waals surface area contributed by atoms with E-state index in [1.807, 2.05) is 11.3 Å². The summed E-state index contributed by atoms with van der Waals surface area (Å²) in [7, 11) is 2.23. The van der Waals surface area contributed by atoms with Crippen molar-refractivity contribution in [2.24, 2.45) is 0 Å². The number of rotatable bonds is 3. The number of hydrogen-bond donors (Lipinski definition) is 0. The van der Waals surface area contributed by atoms with Crippen LogP contribution in [0.25, 0.3) is 10.2 Å². The molecule has 0 unspecified atom stereocenters. The number of nitrogens with zero attached hydrogens (tertiary/aromatic N) is 2. The highest BCUT2D eigenvalue weighted by Crippen LogP contribution is 2.36. The first kappa shape index (κ1) is 16.6. The van der Waals surface area contributed by atoms with Gasteiger partial charge in [-0.05, 0) is 37.6 Å². The van der Waals surface area contributed by atoms with Gasteiger partial charge in [-0.25, -0.2) is 0 Å². The summed E-state index contributed by atoms with van der Waals surface area (Å²) in [5.74, 6) is 0. The lowest BCUT2D eigenvalue weighted by atomic mass is 10.1. The number of halogens is 1. The molecule has 0 N–H and O–H groups in total. The summed E-state index contributed by atoms with van der Waals surface area (Å²) in [5, 5.41) is 1.50. The highest BCUT2D eigenvalue weighted by molar-refractivity contribution is 7.18. The molecule has 0 bridgehead atoms. The number of benzene rings is 1. The molecule has 2 nitrogen and oxygen atoms in total. The molecule has 0 atom stereocenters. The molecule has 3 heterocycles. The summed E-state index contributed by atoms with van der Waals surface area (Å²) in [5.41, 5.74) is 4.58. The van der Waals surface area contributed by atoms with E-state index in [9.17, 15) is 0 Å².